The molecule has 0 amide bonds. The lowest BCUT2D eigenvalue weighted by molar-refractivity contribution is -0.140. The summed E-state index contributed by atoms with van der Waals surface area (Å²) in [6.07, 6.45) is 0.787. The molecular weight excluding hydrogens is 252 g/mol. The molecule has 18 heavy (non-hydrogen) atoms. The van der Waals surface area contributed by atoms with Gasteiger partial charge in [0.25, 0.3) is 0 Å². The minimum absolute atomic E-state index is 0.203. The normalized spacial score (nSPS) is 12.1. The number of rotatable bonds is 5. The molecule has 0 radical (unpaired) electrons. The largest absolute Gasteiger partial charge is 0.496 e. The Labute approximate surface area is 113 Å². The van der Waals surface area contributed by atoms with Gasteiger partial charge in [0, 0.05) is 5.38 Å². The quantitative estimate of drug-likeness (QED) is 0.609. The molecule has 0 N–H and O–H groups in total. The Kier molecular flexibility index (Phi) is 5.48. The average Bonchev–Trinajstić information content (AvgIpc) is 2.33. The molecule has 1 rings (SSSR count). The Morgan fingerprint density at radius 2 is 1.89 bits per heavy atom. The summed E-state index contributed by atoms with van der Waals surface area (Å²) in [4.78, 5) is 11.2. The number of esters is 1. The summed E-state index contributed by atoms with van der Waals surface area (Å²) in [5.41, 5.74) is 3.38. The van der Waals surface area contributed by atoms with E-state index in [1.54, 1.807) is 7.11 Å². The molecule has 0 heterocycles. The molecule has 1 aromatic rings. The van der Waals surface area contributed by atoms with Gasteiger partial charge in [-0.3, -0.25) is 4.79 Å². The van der Waals surface area contributed by atoms with Crippen LogP contribution in [0.15, 0.2) is 12.1 Å². The summed E-state index contributed by atoms with van der Waals surface area (Å²) in [6, 6.07) is 4.05. The van der Waals surface area contributed by atoms with Gasteiger partial charge in [-0.2, -0.15) is 0 Å². The fourth-order valence-electron chi connectivity index (χ4n) is 1.77. The molecule has 0 aromatic heterocycles. The molecule has 4 heteroatoms. The van der Waals surface area contributed by atoms with Gasteiger partial charge in [0.2, 0.25) is 0 Å². The smallest absolute Gasteiger partial charge is 0.307 e. The van der Waals surface area contributed by atoms with Crippen LogP contribution in [0.5, 0.6) is 5.75 Å². The lowest BCUT2D eigenvalue weighted by Gasteiger charge is -2.14. The summed E-state index contributed by atoms with van der Waals surface area (Å²) in [5, 5.41) is -0.284. The molecule has 0 fully saturated rings. The van der Waals surface area contributed by atoms with Crippen LogP contribution in [-0.4, -0.2) is 25.6 Å². The zero-order valence-corrected chi connectivity index (χ0v) is 12.0. The number of halogens is 1. The summed E-state index contributed by atoms with van der Waals surface area (Å²) < 4.78 is 9.94. The van der Waals surface area contributed by atoms with Crippen molar-refractivity contribution in [2.75, 3.05) is 14.2 Å². The second-order valence-electron chi connectivity index (χ2n) is 4.33. The molecule has 3 nitrogen and oxygen atoms in total. The van der Waals surface area contributed by atoms with Crippen molar-refractivity contribution >= 4 is 17.6 Å². The van der Waals surface area contributed by atoms with E-state index in [9.17, 15) is 4.79 Å². The average molecular weight is 271 g/mol. The Morgan fingerprint density at radius 3 is 2.44 bits per heavy atom. The Hall–Kier alpha value is -1.22. The van der Waals surface area contributed by atoms with Gasteiger partial charge in [-0.15, -0.1) is 11.6 Å². The number of alkyl halides is 1. The minimum atomic E-state index is -0.294. The number of carbonyl (C=O) groups is 1. The van der Waals surface area contributed by atoms with E-state index in [1.165, 1.54) is 18.2 Å². The summed E-state index contributed by atoms with van der Waals surface area (Å²) in [5.74, 6) is 0.520. The topological polar surface area (TPSA) is 35.5 Å². The lowest BCUT2D eigenvalue weighted by atomic mass is 10.0. The molecule has 0 aliphatic carbocycles. The van der Waals surface area contributed by atoms with E-state index in [1.807, 2.05) is 19.9 Å². The fraction of sp³-hybridized carbons (Fsp3) is 0.500. The third kappa shape index (κ3) is 3.91. The first-order valence-electron chi connectivity index (χ1n) is 5.83. The zero-order chi connectivity index (χ0) is 13.7. The third-order valence-electron chi connectivity index (χ3n) is 2.95. The highest BCUT2D eigenvalue weighted by atomic mass is 35.5. The first kappa shape index (κ1) is 14.8. The highest BCUT2D eigenvalue weighted by Gasteiger charge is 2.15. The number of benzene rings is 1. The number of aryl methyl sites for hydroxylation is 2. The summed E-state index contributed by atoms with van der Waals surface area (Å²) in [7, 11) is 3.00. The van der Waals surface area contributed by atoms with Crippen LogP contribution in [0, 0.1) is 13.8 Å². The molecule has 0 saturated heterocycles. The van der Waals surface area contributed by atoms with E-state index in [4.69, 9.17) is 16.3 Å². The van der Waals surface area contributed by atoms with Gasteiger partial charge in [0.15, 0.2) is 0 Å². The first-order valence-corrected chi connectivity index (χ1v) is 6.26. The van der Waals surface area contributed by atoms with Gasteiger partial charge in [0.05, 0.1) is 20.6 Å². The number of ether oxygens (including phenoxy) is 2. The van der Waals surface area contributed by atoms with Crippen molar-refractivity contribution < 1.29 is 14.3 Å². The SMILES string of the molecule is COC(=O)CC(Cl)Cc1cc(C)c(C)cc1OC. The third-order valence-corrected chi connectivity index (χ3v) is 3.26. The van der Waals surface area contributed by atoms with E-state index in [0.717, 1.165) is 11.3 Å². The predicted octanol–water partition coefficient (Wildman–Crippen LogP) is 3.03. The van der Waals surface area contributed by atoms with Crippen molar-refractivity contribution in [3.05, 3.63) is 28.8 Å². The van der Waals surface area contributed by atoms with Crippen LogP contribution in [0.3, 0.4) is 0 Å². The lowest BCUT2D eigenvalue weighted by Crippen LogP contribution is -2.12. The van der Waals surface area contributed by atoms with Gasteiger partial charge in [-0.25, -0.2) is 0 Å². The van der Waals surface area contributed by atoms with Crippen LogP contribution < -0.4 is 4.74 Å². The monoisotopic (exact) mass is 270 g/mol. The second-order valence-corrected chi connectivity index (χ2v) is 4.95. The summed E-state index contributed by atoms with van der Waals surface area (Å²) in [6.45, 7) is 4.08. The molecule has 0 bridgehead atoms. The van der Waals surface area contributed by atoms with Gasteiger partial charge in [0.1, 0.15) is 5.75 Å². The molecule has 0 saturated carbocycles. The molecule has 0 aliphatic heterocycles. The van der Waals surface area contributed by atoms with E-state index in [-0.39, 0.29) is 17.8 Å². The Bertz CT molecular complexity index is 429. The Morgan fingerprint density at radius 1 is 1.28 bits per heavy atom. The van der Waals surface area contributed by atoms with Crippen LogP contribution in [0.25, 0.3) is 0 Å². The zero-order valence-electron chi connectivity index (χ0n) is 11.2. The minimum Gasteiger partial charge on any atom is -0.496 e. The highest BCUT2D eigenvalue weighted by Crippen LogP contribution is 2.26. The molecule has 1 unspecified atom stereocenters. The first-order chi connectivity index (χ1) is 8.47. The van der Waals surface area contributed by atoms with Gasteiger partial charge >= 0.3 is 5.97 Å². The van der Waals surface area contributed by atoms with Crippen LogP contribution in [0.1, 0.15) is 23.1 Å². The van der Waals surface area contributed by atoms with Gasteiger partial charge in [-0.05, 0) is 43.0 Å². The van der Waals surface area contributed by atoms with E-state index in [0.29, 0.717) is 6.42 Å². The van der Waals surface area contributed by atoms with Crippen molar-refractivity contribution in [3.63, 3.8) is 0 Å². The highest BCUT2D eigenvalue weighted by molar-refractivity contribution is 6.21. The molecular formula is C14H19ClO3. The molecule has 1 aromatic carbocycles. The van der Waals surface area contributed by atoms with E-state index < -0.39 is 0 Å². The standard InChI is InChI=1S/C14H19ClO3/c1-9-5-11(13(17-3)6-10(9)2)7-12(15)8-14(16)18-4/h5-6,12H,7-8H2,1-4H3. The maximum absolute atomic E-state index is 11.2. The van der Waals surface area contributed by atoms with Crippen molar-refractivity contribution in [3.8, 4) is 5.75 Å². The van der Waals surface area contributed by atoms with Crippen molar-refractivity contribution in [2.24, 2.45) is 0 Å². The molecule has 100 valence electrons. The van der Waals surface area contributed by atoms with Crippen LogP contribution in [0.4, 0.5) is 0 Å². The van der Waals surface area contributed by atoms with Gasteiger partial charge < -0.3 is 9.47 Å². The van der Waals surface area contributed by atoms with Crippen molar-refractivity contribution in [1.29, 1.82) is 0 Å². The number of hydrogen-bond donors (Lipinski definition) is 0. The number of carbonyl (C=O) groups excluding carboxylic acids is 1. The maximum atomic E-state index is 11.2. The fourth-order valence-corrected chi connectivity index (χ4v) is 2.07. The van der Waals surface area contributed by atoms with Crippen LogP contribution in [0.2, 0.25) is 0 Å². The van der Waals surface area contributed by atoms with Crippen LogP contribution in [-0.2, 0) is 16.0 Å². The van der Waals surface area contributed by atoms with E-state index >= 15 is 0 Å². The molecule has 0 aliphatic rings. The van der Waals surface area contributed by atoms with Crippen LogP contribution >= 0.6 is 11.6 Å². The molecule has 0 spiro atoms. The molecule has 1 atom stereocenters. The maximum Gasteiger partial charge on any atom is 0.307 e. The Balaban J connectivity index is 2.83. The van der Waals surface area contributed by atoms with Crippen molar-refractivity contribution in [2.45, 2.75) is 32.1 Å². The second kappa shape index (κ2) is 6.64. The number of methoxy groups -OCH3 is 2. The van der Waals surface area contributed by atoms with Gasteiger partial charge in [-0.1, -0.05) is 6.07 Å². The van der Waals surface area contributed by atoms with Crippen molar-refractivity contribution in [1.82, 2.24) is 0 Å². The number of hydrogen-bond acceptors (Lipinski definition) is 3. The van der Waals surface area contributed by atoms with E-state index in [2.05, 4.69) is 10.8 Å². The predicted molar refractivity (Wildman–Crippen MR) is 72.4 cm³/mol. The summed E-state index contributed by atoms with van der Waals surface area (Å²) >= 11 is 6.15.